The van der Waals surface area contributed by atoms with Crippen molar-refractivity contribution in [3.8, 4) is 11.8 Å². The van der Waals surface area contributed by atoms with Gasteiger partial charge in [-0.25, -0.2) is 4.79 Å². The minimum Gasteiger partial charge on any atom is -0.273 e. The van der Waals surface area contributed by atoms with Gasteiger partial charge in [0.2, 0.25) is 0 Å². The Balaban J connectivity index is 2.75. The van der Waals surface area contributed by atoms with E-state index >= 15 is 0 Å². The van der Waals surface area contributed by atoms with Crippen molar-refractivity contribution in [1.82, 2.24) is 9.55 Å². The first-order chi connectivity index (χ1) is 7.22. The van der Waals surface area contributed by atoms with E-state index in [-0.39, 0.29) is 5.56 Å². The molecule has 0 aliphatic carbocycles. The summed E-state index contributed by atoms with van der Waals surface area (Å²) in [4.78, 5) is 24.6. The maximum absolute atomic E-state index is 11.4. The van der Waals surface area contributed by atoms with Crippen LogP contribution in [0.2, 0.25) is 0 Å². The predicted octanol–water partition coefficient (Wildman–Crippen LogP) is 0.459. The summed E-state index contributed by atoms with van der Waals surface area (Å²) in [6.45, 7) is 0. The first kappa shape index (κ1) is 9.43. The van der Waals surface area contributed by atoms with E-state index in [0.29, 0.717) is 5.69 Å². The lowest BCUT2D eigenvalue weighted by Crippen LogP contribution is -2.29. The summed E-state index contributed by atoms with van der Waals surface area (Å²) in [7, 11) is 0. The average Bonchev–Trinajstić information content (AvgIpc) is 2.71. The van der Waals surface area contributed by atoms with Gasteiger partial charge in [0, 0.05) is 11.6 Å². The van der Waals surface area contributed by atoms with Crippen LogP contribution in [-0.4, -0.2) is 9.55 Å². The number of nitrogens with one attached hydrogen (secondary N) is 1. The van der Waals surface area contributed by atoms with Crippen LogP contribution in [0.5, 0.6) is 0 Å². The van der Waals surface area contributed by atoms with E-state index in [2.05, 4.69) is 4.98 Å². The number of hydrogen-bond donors (Lipinski definition) is 1. The van der Waals surface area contributed by atoms with Crippen LogP contribution in [-0.2, 0) is 0 Å². The van der Waals surface area contributed by atoms with Gasteiger partial charge in [-0.05, 0) is 11.4 Å². The van der Waals surface area contributed by atoms with E-state index < -0.39 is 11.2 Å². The maximum atomic E-state index is 11.4. The van der Waals surface area contributed by atoms with Gasteiger partial charge in [-0.15, -0.1) is 0 Å². The molecule has 1 N–H and O–H groups in total. The molecule has 6 heteroatoms. The molecule has 2 rings (SSSR count). The van der Waals surface area contributed by atoms with Crippen molar-refractivity contribution in [2.75, 3.05) is 0 Å². The van der Waals surface area contributed by atoms with Crippen LogP contribution in [0.1, 0.15) is 5.56 Å². The van der Waals surface area contributed by atoms with Gasteiger partial charge in [0.05, 0.1) is 5.69 Å². The van der Waals surface area contributed by atoms with Gasteiger partial charge in [0.1, 0.15) is 11.6 Å². The molecule has 5 nitrogen and oxygen atoms in total. The number of hydrogen-bond acceptors (Lipinski definition) is 4. The number of thiophene rings is 1. The Morgan fingerprint density at radius 1 is 1.47 bits per heavy atom. The largest absolute Gasteiger partial charge is 0.333 e. The Kier molecular flexibility index (Phi) is 2.23. The molecule has 2 aromatic rings. The van der Waals surface area contributed by atoms with Crippen molar-refractivity contribution in [1.29, 1.82) is 5.26 Å². The lowest BCUT2D eigenvalue weighted by atomic mass is 10.3. The molecule has 0 saturated carbocycles. The molecule has 0 atom stereocenters. The fourth-order valence-electron chi connectivity index (χ4n) is 1.14. The second-order valence-corrected chi connectivity index (χ2v) is 3.55. The summed E-state index contributed by atoms with van der Waals surface area (Å²) < 4.78 is 1.23. The number of nitrogens with zero attached hydrogens (tertiary/aromatic N) is 2. The Morgan fingerprint density at radius 2 is 2.27 bits per heavy atom. The van der Waals surface area contributed by atoms with E-state index in [1.807, 2.05) is 0 Å². The Bertz CT molecular complexity index is 631. The van der Waals surface area contributed by atoms with Crippen LogP contribution in [0.15, 0.2) is 32.6 Å². The van der Waals surface area contributed by atoms with Gasteiger partial charge in [0.15, 0.2) is 0 Å². The minimum absolute atomic E-state index is 0.0826. The Labute approximate surface area is 87.9 Å². The van der Waals surface area contributed by atoms with Crippen molar-refractivity contribution >= 4 is 11.3 Å². The zero-order valence-electron chi connectivity index (χ0n) is 7.43. The van der Waals surface area contributed by atoms with E-state index in [1.165, 1.54) is 22.1 Å². The summed E-state index contributed by atoms with van der Waals surface area (Å²) >= 11 is 1.43. The molecular formula is C9H5N3O2S. The third-order valence-corrected chi connectivity index (χ3v) is 2.52. The molecular weight excluding hydrogens is 214 g/mol. The summed E-state index contributed by atoms with van der Waals surface area (Å²) in [5.41, 5.74) is -0.648. The molecule has 0 aliphatic heterocycles. The predicted molar refractivity (Wildman–Crippen MR) is 55.3 cm³/mol. The van der Waals surface area contributed by atoms with Crippen molar-refractivity contribution in [3.05, 3.63) is 49.4 Å². The van der Waals surface area contributed by atoms with Crippen LogP contribution in [0.4, 0.5) is 0 Å². The molecule has 15 heavy (non-hydrogen) atoms. The number of nitriles is 1. The standard InChI is InChI=1S/C9H5N3O2S/c10-3-6-4-12(7-1-2-15-5-7)9(14)11-8(6)13/h1-2,4-5H,(H,11,13,14). The highest BCUT2D eigenvalue weighted by Gasteiger charge is 2.05. The second kappa shape index (κ2) is 3.55. The van der Waals surface area contributed by atoms with Crippen molar-refractivity contribution in [3.63, 3.8) is 0 Å². The highest BCUT2D eigenvalue weighted by atomic mass is 32.1. The molecule has 0 unspecified atom stereocenters. The number of H-pyrrole nitrogens is 1. The molecule has 0 radical (unpaired) electrons. The van der Waals surface area contributed by atoms with Crippen LogP contribution in [0, 0.1) is 11.3 Å². The molecule has 2 heterocycles. The average molecular weight is 219 g/mol. The quantitative estimate of drug-likeness (QED) is 0.756. The molecule has 0 saturated heterocycles. The first-order valence-electron chi connectivity index (χ1n) is 4.01. The lowest BCUT2D eigenvalue weighted by molar-refractivity contribution is 0.893. The van der Waals surface area contributed by atoms with Crippen LogP contribution in [0.3, 0.4) is 0 Å². The van der Waals surface area contributed by atoms with Crippen LogP contribution < -0.4 is 11.2 Å². The number of aromatic amines is 1. The lowest BCUT2D eigenvalue weighted by Gasteiger charge is -2.00. The van der Waals surface area contributed by atoms with E-state index in [9.17, 15) is 9.59 Å². The topological polar surface area (TPSA) is 78.7 Å². The smallest absolute Gasteiger partial charge is 0.273 e. The van der Waals surface area contributed by atoms with Gasteiger partial charge in [-0.2, -0.15) is 16.6 Å². The summed E-state index contributed by atoms with van der Waals surface area (Å²) in [5.74, 6) is 0. The van der Waals surface area contributed by atoms with Crippen molar-refractivity contribution in [2.24, 2.45) is 0 Å². The fourth-order valence-corrected chi connectivity index (χ4v) is 1.76. The van der Waals surface area contributed by atoms with Gasteiger partial charge >= 0.3 is 5.69 Å². The molecule has 0 amide bonds. The zero-order valence-corrected chi connectivity index (χ0v) is 8.25. The van der Waals surface area contributed by atoms with Crippen LogP contribution >= 0.6 is 11.3 Å². The van der Waals surface area contributed by atoms with E-state index in [1.54, 1.807) is 22.9 Å². The molecule has 0 aliphatic rings. The Hall–Kier alpha value is -2.13. The molecule has 0 aromatic carbocycles. The van der Waals surface area contributed by atoms with Crippen molar-refractivity contribution < 1.29 is 0 Å². The van der Waals surface area contributed by atoms with E-state index in [4.69, 9.17) is 5.26 Å². The number of rotatable bonds is 1. The maximum Gasteiger partial charge on any atom is 0.333 e. The monoisotopic (exact) mass is 219 g/mol. The fraction of sp³-hybridized carbons (Fsp3) is 0. The minimum atomic E-state index is -0.658. The van der Waals surface area contributed by atoms with Crippen molar-refractivity contribution in [2.45, 2.75) is 0 Å². The molecule has 0 bridgehead atoms. The Morgan fingerprint density at radius 3 is 2.87 bits per heavy atom. The summed E-state index contributed by atoms with van der Waals surface area (Å²) in [6.07, 6.45) is 1.24. The molecule has 0 fully saturated rings. The first-order valence-corrected chi connectivity index (χ1v) is 4.95. The van der Waals surface area contributed by atoms with Gasteiger partial charge < -0.3 is 0 Å². The number of aromatic nitrogens is 2. The van der Waals surface area contributed by atoms with Gasteiger partial charge in [-0.1, -0.05) is 0 Å². The van der Waals surface area contributed by atoms with E-state index in [0.717, 1.165) is 0 Å². The third kappa shape index (κ3) is 1.60. The molecule has 74 valence electrons. The molecule has 0 spiro atoms. The third-order valence-electron chi connectivity index (χ3n) is 1.85. The van der Waals surface area contributed by atoms with Gasteiger partial charge in [-0.3, -0.25) is 14.3 Å². The van der Waals surface area contributed by atoms with Crippen LogP contribution in [0.25, 0.3) is 5.69 Å². The normalized spacial score (nSPS) is 9.80. The zero-order chi connectivity index (χ0) is 10.8. The van der Waals surface area contributed by atoms with Gasteiger partial charge in [0.25, 0.3) is 5.56 Å². The highest BCUT2D eigenvalue weighted by Crippen LogP contribution is 2.09. The summed E-state index contributed by atoms with van der Waals surface area (Å²) in [5, 5.41) is 12.2. The second-order valence-electron chi connectivity index (χ2n) is 2.77. The SMILES string of the molecule is N#Cc1cn(-c2ccsc2)c(=O)[nH]c1=O. The summed E-state index contributed by atoms with van der Waals surface area (Å²) in [6, 6.07) is 3.45. The molecule has 2 aromatic heterocycles. The highest BCUT2D eigenvalue weighted by molar-refractivity contribution is 7.08.